The zero-order valence-electron chi connectivity index (χ0n) is 16.2. The molecular formula is C22H25N3O3. The van der Waals surface area contributed by atoms with Gasteiger partial charge in [-0.3, -0.25) is 9.36 Å². The Kier molecular flexibility index (Phi) is 4.94. The summed E-state index contributed by atoms with van der Waals surface area (Å²) in [5.41, 5.74) is 3.61. The van der Waals surface area contributed by atoms with Gasteiger partial charge < -0.3 is 15.0 Å². The molecule has 0 spiro atoms. The Morgan fingerprint density at radius 1 is 1.14 bits per heavy atom. The lowest BCUT2D eigenvalue weighted by atomic mass is 9.95. The Labute approximate surface area is 163 Å². The molecule has 1 amide bonds. The molecule has 1 aliphatic carbocycles. The van der Waals surface area contributed by atoms with E-state index < -0.39 is 0 Å². The summed E-state index contributed by atoms with van der Waals surface area (Å²) in [6, 6.07) is 11.3. The minimum Gasteiger partial charge on any atom is -0.495 e. The lowest BCUT2D eigenvalue weighted by Gasteiger charge is -2.22. The van der Waals surface area contributed by atoms with Crippen LogP contribution >= 0.6 is 0 Å². The number of aryl methyl sites for hydroxylation is 1. The largest absolute Gasteiger partial charge is 0.495 e. The van der Waals surface area contributed by atoms with Crippen LogP contribution in [0.15, 0.2) is 41.2 Å². The molecule has 3 aromatic rings. The number of hydrogen-bond donors (Lipinski definition) is 2. The van der Waals surface area contributed by atoms with Gasteiger partial charge in [0.15, 0.2) is 0 Å². The highest BCUT2D eigenvalue weighted by molar-refractivity contribution is 6.06. The molecule has 0 atom stereocenters. The number of hydrogen-bond acceptors (Lipinski definition) is 3. The van der Waals surface area contributed by atoms with Gasteiger partial charge in [-0.15, -0.1) is 0 Å². The van der Waals surface area contributed by atoms with Crippen molar-refractivity contribution in [3.8, 4) is 5.75 Å². The summed E-state index contributed by atoms with van der Waals surface area (Å²) in [5.74, 6) is 0.369. The van der Waals surface area contributed by atoms with Crippen LogP contribution in [0, 0.1) is 6.92 Å². The number of benzene rings is 2. The van der Waals surface area contributed by atoms with E-state index in [1.54, 1.807) is 19.2 Å². The van der Waals surface area contributed by atoms with Crippen molar-refractivity contribution < 1.29 is 9.53 Å². The van der Waals surface area contributed by atoms with E-state index in [1.165, 1.54) is 6.42 Å². The minimum atomic E-state index is -0.239. The van der Waals surface area contributed by atoms with Crippen LogP contribution in [-0.4, -0.2) is 22.6 Å². The van der Waals surface area contributed by atoms with E-state index in [1.807, 2.05) is 35.8 Å². The van der Waals surface area contributed by atoms with Crippen LogP contribution in [0.2, 0.25) is 0 Å². The number of imidazole rings is 1. The van der Waals surface area contributed by atoms with Gasteiger partial charge in [-0.1, -0.05) is 25.3 Å². The Hall–Kier alpha value is -3.02. The zero-order valence-corrected chi connectivity index (χ0v) is 16.2. The highest BCUT2D eigenvalue weighted by atomic mass is 16.5. The standard InChI is InChI=1S/C22H25N3O3/c1-14-8-11-20(28-2)18(12-14)23-21(26)15-9-10-19-17(13-15)24-22(27)25(19)16-6-4-3-5-7-16/h8-13,16H,3-7H2,1-2H3,(H,23,26)(H,24,27). The van der Waals surface area contributed by atoms with Gasteiger partial charge in [-0.25, -0.2) is 4.79 Å². The number of methoxy groups -OCH3 is 1. The molecule has 0 unspecified atom stereocenters. The predicted octanol–water partition coefficient (Wildman–Crippen LogP) is 4.40. The number of nitrogens with zero attached hydrogens (tertiary/aromatic N) is 1. The third kappa shape index (κ3) is 3.42. The third-order valence-electron chi connectivity index (χ3n) is 5.52. The van der Waals surface area contributed by atoms with Crippen LogP contribution in [0.25, 0.3) is 11.0 Å². The average Bonchev–Trinajstić information content (AvgIpc) is 3.03. The minimum absolute atomic E-state index is 0.0974. The Morgan fingerprint density at radius 3 is 2.68 bits per heavy atom. The SMILES string of the molecule is COc1ccc(C)cc1NC(=O)c1ccc2c(c1)[nH]c(=O)n2C1CCCCC1. The van der Waals surface area contributed by atoms with Crippen LogP contribution in [0.5, 0.6) is 5.75 Å². The first-order valence-corrected chi connectivity index (χ1v) is 9.77. The van der Waals surface area contributed by atoms with Gasteiger partial charge in [-0.05, 0) is 55.7 Å². The number of aromatic amines is 1. The van der Waals surface area contributed by atoms with E-state index in [2.05, 4.69) is 10.3 Å². The quantitative estimate of drug-likeness (QED) is 0.705. The molecule has 2 N–H and O–H groups in total. The maximum absolute atomic E-state index is 12.8. The molecule has 28 heavy (non-hydrogen) atoms. The topological polar surface area (TPSA) is 76.1 Å². The maximum Gasteiger partial charge on any atom is 0.326 e. The van der Waals surface area contributed by atoms with Gasteiger partial charge in [0, 0.05) is 11.6 Å². The fraction of sp³-hybridized carbons (Fsp3) is 0.364. The number of carbonyl (C=O) groups excluding carboxylic acids is 1. The molecule has 1 heterocycles. The van der Waals surface area contributed by atoms with Gasteiger partial charge in [0.25, 0.3) is 5.91 Å². The second kappa shape index (κ2) is 7.54. The molecule has 4 rings (SSSR count). The molecule has 0 aliphatic heterocycles. The Morgan fingerprint density at radius 2 is 1.93 bits per heavy atom. The maximum atomic E-state index is 12.8. The highest BCUT2D eigenvalue weighted by Crippen LogP contribution is 2.30. The van der Waals surface area contributed by atoms with Crippen molar-refractivity contribution in [2.75, 3.05) is 12.4 Å². The Bertz CT molecular complexity index is 1070. The number of aromatic nitrogens is 2. The number of nitrogens with one attached hydrogen (secondary N) is 2. The average molecular weight is 379 g/mol. The van der Waals surface area contributed by atoms with E-state index in [9.17, 15) is 9.59 Å². The normalized spacial score (nSPS) is 14.9. The fourth-order valence-electron chi connectivity index (χ4n) is 4.09. The molecule has 6 nitrogen and oxygen atoms in total. The van der Waals surface area contributed by atoms with E-state index in [0.29, 0.717) is 22.5 Å². The second-order valence-electron chi connectivity index (χ2n) is 7.48. The number of carbonyl (C=O) groups is 1. The summed E-state index contributed by atoms with van der Waals surface area (Å²) < 4.78 is 7.19. The summed E-state index contributed by atoms with van der Waals surface area (Å²) in [7, 11) is 1.57. The molecule has 0 bridgehead atoms. The van der Waals surface area contributed by atoms with Crippen molar-refractivity contribution in [3.63, 3.8) is 0 Å². The van der Waals surface area contributed by atoms with Crippen molar-refractivity contribution in [1.82, 2.24) is 9.55 Å². The number of rotatable bonds is 4. The molecule has 0 saturated heterocycles. The molecule has 2 aromatic carbocycles. The highest BCUT2D eigenvalue weighted by Gasteiger charge is 2.20. The molecule has 1 saturated carbocycles. The predicted molar refractivity (Wildman–Crippen MR) is 110 cm³/mol. The number of H-pyrrole nitrogens is 1. The van der Waals surface area contributed by atoms with Crippen LogP contribution in [0.1, 0.15) is 54.1 Å². The van der Waals surface area contributed by atoms with Crippen LogP contribution < -0.4 is 15.7 Å². The van der Waals surface area contributed by atoms with Crippen LogP contribution in [0.4, 0.5) is 5.69 Å². The molecule has 146 valence electrons. The van der Waals surface area contributed by atoms with Crippen molar-refractivity contribution >= 4 is 22.6 Å². The number of ether oxygens (including phenoxy) is 1. The third-order valence-corrected chi connectivity index (χ3v) is 5.52. The first-order valence-electron chi connectivity index (χ1n) is 9.77. The zero-order chi connectivity index (χ0) is 19.7. The smallest absolute Gasteiger partial charge is 0.326 e. The number of amides is 1. The molecular weight excluding hydrogens is 354 g/mol. The van der Waals surface area contributed by atoms with E-state index >= 15 is 0 Å². The molecule has 6 heteroatoms. The van der Waals surface area contributed by atoms with Gasteiger partial charge in [-0.2, -0.15) is 0 Å². The molecule has 1 aromatic heterocycles. The second-order valence-corrected chi connectivity index (χ2v) is 7.48. The summed E-state index contributed by atoms with van der Waals surface area (Å²) in [4.78, 5) is 28.2. The van der Waals surface area contributed by atoms with Gasteiger partial charge in [0.2, 0.25) is 0 Å². The monoisotopic (exact) mass is 379 g/mol. The lowest BCUT2D eigenvalue weighted by Crippen LogP contribution is -2.23. The summed E-state index contributed by atoms with van der Waals surface area (Å²) >= 11 is 0. The van der Waals surface area contributed by atoms with E-state index in [-0.39, 0.29) is 17.6 Å². The summed E-state index contributed by atoms with van der Waals surface area (Å²) in [6.45, 7) is 1.96. The van der Waals surface area contributed by atoms with Gasteiger partial charge >= 0.3 is 5.69 Å². The van der Waals surface area contributed by atoms with Gasteiger partial charge in [0.1, 0.15) is 5.75 Å². The molecule has 0 radical (unpaired) electrons. The first kappa shape index (κ1) is 18.3. The van der Waals surface area contributed by atoms with Crippen molar-refractivity contribution in [2.45, 2.75) is 45.1 Å². The fourth-order valence-corrected chi connectivity index (χ4v) is 4.09. The Balaban J connectivity index is 1.64. The molecule has 1 aliphatic rings. The van der Waals surface area contributed by atoms with E-state index in [4.69, 9.17) is 4.74 Å². The van der Waals surface area contributed by atoms with Crippen LogP contribution in [-0.2, 0) is 0 Å². The first-order chi connectivity index (χ1) is 13.6. The van der Waals surface area contributed by atoms with E-state index in [0.717, 1.165) is 36.8 Å². The summed E-state index contributed by atoms with van der Waals surface area (Å²) in [6.07, 6.45) is 5.61. The number of anilines is 1. The lowest BCUT2D eigenvalue weighted by molar-refractivity contribution is 0.102. The van der Waals surface area contributed by atoms with Crippen molar-refractivity contribution in [2.24, 2.45) is 0 Å². The van der Waals surface area contributed by atoms with Crippen molar-refractivity contribution in [3.05, 3.63) is 58.0 Å². The van der Waals surface area contributed by atoms with Crippen molar-refractivity contribution in [1.29, 1.82) is 0 Å². The van der Waals surface area contributed by atoms with Gasteiger partial charge in [0.05, 0.1) is 23.8 Å². The molecule has 1 fully saturated rings. The number of fused-ring (bicyclic) bond motifs is 1. The van der Waals surface area contributed by atoms with Crippen LogP contribution in [0.3, 0.4) is 0 Å². The summed E-state index contributed by atoms with van der Waals surface area (Å²) in [5, 5.41) is 2.91.